The van der Waals surface area contributed by atoms with Crippen molar-refractivity contribution in [2.75, 3.05) is 11.9 Å². The second-order valence-corrected chi connectivity index (χ2v) is 4.26. The van der Waals surface area contributed by atoms with Gasteiger partial charge in [-0.1, -0.05) is 29.5 Å². The zero-order valence-electron chi connectivity index (χ0n) is 11.2. The molecule has 0 radical (unpaired) electrons. The van der Waals surface area contributed by atoms with Crippen LogP contribution in [0.1, 0.15) is 21.5 Å². The lowest BCUT2D eigenvalue weighted by Gasteiger charge is -2.05. The molecule has 0 spiro atoms. The number of anilines is 1. The molecular weight excluding hydrogens is 250 g/mol. The highest BCUT2D eigenvalue weighted by Crippen LogP contribution is 2.09. The number of pyridine rings is 1. The smallest absolute Gasteiger partial charge is 0.256 e. The molecule has 2 aromatic rings. The number of carbonyl (C=O) groups is 1. The number of benzene rings is 1. The van der Waals surface area contributed by atoms with Crippen molar-refractivity contribution in [3.05, 3.63) is 59.3 Å². The number of aromatic nitrogens is 1. The van der Waals surface area contributed by atoms with E-state index in [0.29, 0.717) is 17.9 Å². The molecule has 100 valence electrons. The van der Waals surface area contributed by atoms with Crippen molar-refractivity contribution in [1.29, 1.82) is 0 Å². The van der Waals surface area contributed by atoms with Gasteiger partial charge in [-0.15, -0.1) is 0 Å². The maximum atomic E-state index is 12.0. The van der Waals surface area contributed by atoms with Gasteiger partial charge < -0.3 is 11.1 Å². The van der Waals surface area contributed by atoms with E-state index in [4.69, 9.17) is 5.73 Å². The van der Waals surface area contributed by atoms with Crippen LogP contribution in [0.2, 0.25) is 0 Å². The lowest BCUT2D eigenvalue weighted by Crippen LogP contribution is -2.12. The molecule has 1 aromatic carbocycles. The number of nitrogens with zero attached hydrogens (tertiary/aromatic N) is 1. The summed E-state index contributed by atoms with van der Waals surface area (Å²) in [6, 6.07) is 10.8. The van der Waals surface area contributed by atoms with Crippen molar-refractivity contribution >= 4 is 11.7 Å². The summed E-state index contributed by atoms with van der Waals surface area (Å²) >= 11 is 0. The summed E-state index contributed by atoms with van der Waals surface area (Å²) in [6.45, 7) is 2.27. The Hall–Kier alpha value is -2.64. The number of hydrogen-bond acceptors (Lipinski definition) is 3. The maximum absolute atomic E-state index is 12.0. The summed E-state index contributed by atoms with van der Waals surface area (Å²) in [5.41, 5.74) is 7.80. The Kier molecular flexibility index (Phi) is 4.48. The van der Waals surface area contributed by atoms with Gasteiger partial charge in [0.1, 0.15) is 5.82 Å². The average Bonchev–Trinajstić information content (AvgIpc) is 2.46. The van der Waals surface area contributed by atoms with Gasteiger partial charge in [0.2, 0.25) is 0 Å². The zero-order chi connectivity index (χ0) is 14.4. The average molecular weight is 265 g/mol. The molecule has 1 amide bonds. The molecule has 0 aliphatic rings. The molecule has 0 fully saturated rings. The molecular formula is C16H15N3O. The fourth-order valence-corrected chi connectivity index (χ4v) is 1.62. The van der Waals surface area contributed by atoms with Crippen molar-refractivity contribution in [2.24, 2.45) is 5.73 Å². The molecule has 0 aliphatic heterocycles. The number of aryl methyl sites for hydroxylation is 1. The first-order valence-corrected chi connectivity index (χ1v) is 6.22. The van der Waals surface area contributed by atoms with E-state index < -0.39 is 0 Å². The van der Waals surface area contributed by atoms with Crippen LogP contribution in [0.4, 0.5) is 5.82 Å². The normalized spacial score (nSPS) is 9.50. The first-order chi connectivity index (χ1) is 9.69. The number of rotatable bonds is 2. The summed E-state index contributed by atoms with van der Waals surface area (Å²) in [5, 5.41) is 2.75. The van der Waals surface area contributed by atoms with E-state index in [2.05, 4.69) is 22.1 Å². The Morgan fingerprint density at radius 1 is 1.30 bits per heavy atom. The third kappa shape index (κ3) is 3.67. The van der Waals surface area contributed by atoms with Crippen LogP contribution in [0.15, 0.2) is 42.6 Å². The van der Waals surface area contributed by atoms with Crippen LogP contribution in [-0.2, 0) is 0 Å². The minimum atomic E-state index is -0.193. The Morgan fingerprint density at radius 3 is 2.75 bits per heavy atom. The van der Waals surface area contributed by atoms with Crippen LogP contribution in [0, 0.1) is 18.8 Å². The second-order valence-electron chi connectivity index (χ2n) is 4.26. The highest BCUT2D eigenvalue weighted by atomic mass is 16.1. The molecule has 0 unspecified atom stereocenters. The molecule has 0 aliphatic carbocycles. The molecule has 0 saturated heterocycles. The highest BCUT2D eigenvalue weighted by molar-refractivity contribution is 6.03. The number of nitrogens with one attached hydrogen (secondary N) is 1. The summed E-state index contributed by atoms with van der Waals surface area (Å²) in [7, 11) is 0. The van der Waals surface area contributed by atoms with Gasteiger partial charge in [0, 0.05) is 17.3 Å². The first-order valence-electron chi connectivity index (χ1n) is 6.22. The van der Waals surface area contributed by atoms with Crippen LogP contribution in [-0.4, -0.2) is 17.4 Å². The molecule has 4 heteroatoms. The largest absolute Gasteiger partial charge is 0.320 e. The van der Waals surface area contributed by atoms with E-state index in [1.807, 2.05) is 19.1 Å². The van der Waals surface area contributed by atoms with Crippen molar-refractivity contribution in [3.8, 4) is 11.8 Å². The first kappa shape index (κ1) is 13.8. The summed E-state index contributed by atoms with van der Waals surface area (Å²) < 4.78 is 0. The minimum absolute atomic E-state index is 0.193. The van der Waals surface area contributed by atoms with Crippen LogP contribution in [0.25, 0.3) is 0 Å². The highest BCUT2D eigenvalue weighted by Gasteiger charge is 2.06. The van der Waals surface area contributed by atoms with E-state index in [-0.39, 0.29) is 5.91 Å². The van der Waals surface area contributed by atoms with Crippen molar-refractivity contribution in [3.63, 3.8) is 0 Å². The van der Waals surface area contributed by atoms with Gasteiger partial charge in [0.25, 0.3) is 5.91 Å². The molecule has 1 aromatic heterocycles. The predicted octanol–water partition coefficient (Wildman–Crippen LogP) is 1.95. The van der Waals surface area contributed by atoms with Gasteiger partial charge in [0.05, 0.1) is 6.54 Å². The molecule has 2 rings (SSSR count). The molecule has 20 heavy (non-hydrogen) atoms. The van der Waals surface area contributed by atoms with E-state index in [1.54, 1.807) is 30.5 Å². The fraction of sp³-hybridized carbons (Fsp3) is 0.125. The van der Waals surface area contributed by atoms with Gasteiger partial charge in [-0.25, -0.2) is 4.98 Å². The summed E-state index contributed by atoms with van der Waals surface area (Å²) in [4.78, 5) is 16.1. The Labute approximate surface area is 118 Å². The van der Waals surface area contributed by atoms with Crippen LogP contribution < -0.4 is 11.1 Å². The Bertz CT molecular complexity index is 666. The quantitative estimate of drug-likeness (QED) is 0.815. The van der Waals surface area contributed by atoms with E-state index in [1.165, 1.54) is 0 Å². The second kappa shape index (κ2) is 6.50. The third-order valence-electron chi connectivity index (χ3n) is 2.65. The topological polar surface area (TPSA) is 68.0 Å². The van der Waals surface area contributed by atoms with Gasteiger partial charge >= 0.3 is 0 Å². The van der Waals surface area contributed by atoms with Crippen LogP contribution >= 0.6 is 0 Å². The van der Waals surface area contributed by atoms with Gasteiger partial charge in [-0.05, 0) is 31.2 Å². The minimum Gasteiger partial charge on any atom is -0.320 e. The fourth-order valence-electron chi connectivity index (χ4n) is 1.62. The third-order valence-corrected chi connectivity index (χ3v) is 2.65. The van der Waals surface area contributed by atoms with Crippen LogP contribution in [0.3, 0.4) is 0 Å². The summed E-state index contributed by atoms with van der Waals surface area (Å²) in [6.07, 6.45) is 1.60. The predicted molar refractivity (Wildman–Crippen MR) is 79.3 cm³/mol. The number of amides is 1. The molecule has 1 heterocycles. The van der Waals surface area contributed by atoms with Gasteiger partial charge in [-0.3, -0.25) is 4.79 Å². The lowest BCUT2D eigenvalue weighted by molar-refractivity contribution is 0.102. The Balaban J connectivity index is 2.13. The molecule has 3 N–H and O–H groups in total. The zero-order valence-corrected chi connectivity index (χ0v) is 11.2. The van der Waals surface area contributed by atoms with Crippen molar-refractivity contribution in [2.45, 2.75) is 6.92 Å². The maximum Gasteiger partial charge on any atom is 0.256 e. The molecule has 4 nitrogen and oxygen atoms in total. The van der Waals surface area contributed by atoms with Crippen molar-refractivity contribution < 1.29 is 4.79 Å². The number of hydrogen-bond donors (Lipinski definition) is 2. The summed E-state index contributed by atoms with van der Waals surface area (Å²) in [5.74, 6) is 5.94. The monoisotopic (exact) mass is 265 g/mol. The molecule has 0 saturated carbocycles. The van der Waals surface area contributed by atoms with Crippen molar-refractivity contribution in [1.82, 2.24) is 4.98 Å². The van der Waals surface area contributed by atoms with Gasteiger partial charge in [-0.2, -0.15) is 0 Å². The molecule has 0 bridgehead atoms. The number of carbonyl (C=O) groups excluding carboxylic acids is 1. The van der Waals surface area contributed by atoms with E-state index >= 15 is 0 Å². The van der Waals surface area contributed by atoms with Gasteiger partial charge in [0.15, 0.2) is 0 Å². The van der Waals surface area contributed by atoms with E-state index in [9.17, 15) is 4.79 Å². The van der Waals surface area contributed by atoms with Crippen LogP contribution in [0.5, 0.6) is 0 Å². The molecule has 0 atom stereocenters. The Morgan fingerprint density at radius 2 is 2.05 bits per heavy atom. The standard InChI is InChI=1S/C16H15N3O/c1-12-4-6-14(7-5-12)16(20)19-15-11-13(3-2-9-17)8-10-18-15/h4-8,10-11H,9,17H2,1H3,(H,18,19,20). The van der Waals surface area contributed by atoms with E-state index in [0.717, 1.165) is 11.1 Å². The lowest BCUT2D eigenvalue weighted by atomic mass is 10.1. The SMILES string of the molecule is Cc1ccc(C(=O)Nc2cc(C#CCN)ccn2)cc1. The number of nitrogens with two attached hydrogens (primary N) is 1.